The van der Waals surface area contributed by atoms with Crippen LogP contribution in [0.25, 0.3) is 5.65 Å². The number of hydrogen-bond acceptors (Lipinski definition) is 5. The van der Waals surface area contributed by atoms with Gasteiger partial charge in [-0.05, 0) is 5.56 Å². The lowest BCUT2D eigenvalue weighted by Gasteiger charge is -2.19. The van der Waals surface area contributed by atoms with Gasteiger partial charge in [0.05, 0.1) is 6.54 Å². The quantitative estimate of drug-likeness (QED) is 0.773. The molecule has 0 unspecified atom stereocenters. The second-order valence-electron chi connectivity index (χ2n) is 6.65. The highest BCUT2D eigenvalue weighted by Gasteiger charge is 2.26. The van der Waals surface area contributed by atoms with Crippen LogP contribution in [0.1, 0.15) is 37.6 Å². The Morgan fingerprint density at radius 3 is 2.46 bits per heavy atom. The van der Waals surface area contributed by atoms with Crippen LogP contribution in [0.3, 0.4) is 0 Å². The molecule has 0 spiro atoms. The fourth-order valence-corrected chi connectivity index (χ4v) is 2.56. The van der Waals surface area contributed by atoms with Crippen molar-refractivity contribution in [3.63, 3.8) is 0 Å². The summed E-state index contributed by atoms with van der Waals surface area (Å²) in [5, 5.41) is 18.0. The van der Waals surface area contributed by atoms with Gasteiger partial charge in [0.2, 0.25) is 0 Å². The van der Waals surface area contributed by atoms with E-state index in [0.29, 0.717) is 17.9 Å². The molecule has 0 atom stereocenters. The lowest BCUT2D eigenvalue weighted by atomic mass is 9.93. The van der Waals surface area contributed by atoms with E-state index in [1.165, 1.54) is 4.52 Å². The van der Waals surface area contributed by atoms with Crippen molar-refractivity contribution in [2.75, 3.05) is 5.73 Å². The predicted octanol–water partition coefficient (Wildman–Crippen LogP) is 1.69. The Morgan fingerprint density at radius 1 is 1.21 bits per heavy atom. The lowest BCUT2D eigenvalue weighted by molar-refractivity contribution is 0.509. The van der Waals surface area contributed by atoms with E-state index in [1.807, 2.05) is 57.2 Å². The molecule has 3 aromatic rings. The Morgan fingerprint density at radius 2 is 1.88 bits per heavy atom. The molecule has 0 fully saturated rings. The summed E-state index contributed by atoms with van der Waals surface area (Å²) in [5.74, 6) is 0.0317. The third-order valence-corrected chi connectivity index (χ3v) is 3.75. The largest absolute Gasteiger partial charge is 0.381 e. The van der Waals surface area contributed by atoms with Gasteiger partial charge in [0.1, 0.15) is 17.3 Å². The standard InChI is InChI=1S/C17H18N6O/c1-17(2,3)13-16(24)23-15(12(9-18)14(19)21-23)22(20-13)10-11-7-5-4-6-8-11/h4-8H,10H2,1-3H3,(H2,19,21). The molecule has 0 aliphatic heterocycles. The summed E-state index contributed by atoms with van der Waals surface area (Å²) in [4.78, 5) is 12.7. The molecule has 0 aliphatic carbocycles. The summed E-state index contributed by atoms with van der Waals surface area (Å²) in [6.45, 7) is 6.14. The monoisotopic (exact) mass is 322 g/mol. The average molecular weight is 322 g/mol. The van der Waals surface area contributed by atoms with Crippen molar-refractivity contribution in [3.05, 3.63) is 57.5 Å². The predicted molar refractivity (Wildman–Crippen MR) is 90.6 cm³/mol. The van der Waals surface area contributed by atoms with Crippen LogP contribution in [-0.4, -0.2) is 19.4 Å². The van der Waals surface area contributed by atoms with Crippen LogP contribution in [-0.2, 0) is 12.0 Å². The Kier molecular flexibility index (Phi) is 3.60. The van der Waals surface area contributed by atoms with Gasteiger partial charge in [0, 0.05) is 5.41 Å². The Labute approximate surface area is 138 Å². The van der Waals surface area contributed by atoms with E-state index in [2.05, 4.69) is 10.2 Å². The highest BCUT2D eigenvalue weighted by molar-refractivity contribution is 5.66. The van der Waals surface area contributed by atoms with Gasteiger partial charge in [0.25, 0.3) is 5.56 Å². The minimum Gasteiger partial charge on any atom is -0.381 e. The highest BCUT2D eigenvalue weighted by Crippen LogP contribution is 2.20. The van der Waals surface area contributed by atoms with Crippen molar-refractivity contribution in [1.82, 2.24) is 19.4 Å². The molecule has 24 heavy (non-hydrogen) atoms. The molecule has 2 heterocycles. The minimum atomic E-state index is -0.461. The van der Waals surface area contributed by atoms with E-state index < -0.39 is 5.41 Å². The van der Waals surface area contributed by atoms with Gasteiger partial charge in [-0.2, -0.15) is 14.9 Å². The lowest BCUT2D eigenvalue weighted by Crippen LogP contribution is -2.33. The molecule has 0 radical (unpaired) electrons. The van der Waals surface area contributed by atoms with Crippen LogP contribution in [0, 0.1) is 11.3 Å². The molecule has 122 valence electrons. The Bertz CT molecular complexity index is 1000. The van der Waals surface area contributed by atoms with Crippen LogP contribution in [0.2, 0.25) is 0 Å². The zero-order valence-electron chi connectivity index (χ0n) is 13.8. The van der Waals surface area contributed by atoms with Crippen molar-refractivity contribution in [2.24, 2.45) is 0 Å². The summed E-state index contributed by atoms with van der Waals surface area (Å²) in [7, 11) is 0. The first kappa shape index (κ1) is 15.7. The normalized spacial score (nSPS) is 11.6. The van der Waals surface area contributed by atoms with Crippen molar-refractivity contribution in [3.8, 4) is 6.07 Å². The molecule has 1 aromatic carbocycles. The highest BCUT2D eigenvalue weighted by atomic mass is 16.1. The summed E-state index contributed by atoms with van der Waals surface area (Å²) in [5.41, 5.74) is 6.86. The first-order valence-electron chi connectivity index (χ1n) is 7.56. The van der Waals surface area contributed by atoms with Crippen LogP contribution >= 0.6 is 0 Å². The third-order valence-electron chi connectivity index (χ3n) is 3.75. The second kappa shape index (κ2) is 5.49. The molecule has 7 nitrogen and oxygen atoms in total. The number of anilines is 1. The van der Waals surface area contributed by atoms with Crippen molar-refractivity contribution >= 4 is 11.5 Å². The van der Waals surface area contributed by atoms with Crippen molar-refractivity contribution in [2.45, 2.75) is 32.7 Å². The molecule has 0 saturated carbocycles. The van der Waals surface area contributed by atoms with Crippen molar-refractivity contribution < 1.29 is 0 Å². The maximum atomic E-state index is 12.7. The smallest absolute Gasteiger partial charge is 0.296 e. The summed E-state index contributed by atoms with van der Waals surface area (Å²) < 4.78 is 2.81. The summed E-state index contributed by atoms with van der Waals surface area (Å²) in [6.07, 6.45) is 0. The number of nitriles is 1. The van der Waals surface area contributed by atoms with Gasteiger partial charge >= 0.3 is 0 Å². The van der Waals surface area contributed by atoms with Gasteiger partial charge in [-0.3, -0.25) is 4.79 Å². The molecule has 0 aliphatic rings. The van der Waals surface area contributed by atoms with E-state index in [9.17, 15) is 10.1 Å². The number of nitrogen functional groups attached to an aromatic ring is 1. The molecule has 0 saturated heterocycles. The number of nitrogens with two attached hydrogens (primary N) is 1. The van der Waals surface area contributed by atoms with Gasteiger partial charge in [0.15, 0.2) is 11.5 Å². The molecular weight excluding hydrogens is 304 g/mol. The molecule has 0 bridgehead atoms. The molecular formula is C17H18N6O. The Balaban J connectivity index is 2.35. The minimum absolute atomic E-state index is 0.0317. The average Bonchev–Trinajstić information content (AvgIpc) is 2.87. The van der Waals surface area contributed by atoms with E-state index in [4.69, 9.17) is 5.73 Å². The second-order valence-corrected chi connectivity index (χ2v) is 6.65. The maximum absolute atomic E-state index is 12.7. The number of fused-ring (bicyclic) bond motifs is 1. The fourth-order valence-electron chi connectivity index (χ4n) is 2.56. The number of benzene rings is 1. The number of rotatable bonds is 2. The zero-order chi connectivity index (χ0) is 17.5. The summed E-state index contributed by atoms with van der Waals surface area (Å²) >= 11 is 0. The Hall–Kier alpha value is -3.14. The van der Waals surface area contributed by atoms with E-state index in [-0.39, 0.29) is 16.9 Å². The van der Waals surface area contributed by atoms with E-state index in [1.54, 1.807) is 4.68 Å². The fraction of sp³-hybridized carbons (Fsp3) is 0.294. The molecule has 0 amide bonds. The molecule has 7 heteroatoms. The summed E-state index contributed by atoms with van der Waals surface area (Å²) in [6, 6.07) is 11.7. The zero-order valence-corrected chi connectivity index (χ0v) is 13.8. The van der Waals surface area contributed by atoms with Crippen LogP contribution in [0.4, 0.5) is 5.82 Å². The van der Waals surface area contributed by atoms with Gasteiger partial charge < -0.3 is 5.73 Å². The molecule has 2 N–H and O–H groups in total. The topological polar surface area (TPSA) is 102 Å². The maximum Gasteiger partial charge on any atom is 0.296 e. The first-order chi connectivity index (χ1) is 11.3. The van der Waals surface area contributed by atoms with Gasteiger partial charge in [-0.1, -0.05) is 51.1 Å². The van der Waals surface area contributed by atoms with Crippen molar-refractivity contribution in [1.29, 1.82) is 5.26 Å². The van der Waals surface area contributed by atoms with Crippen LogP contribution < -0.4 is 11.3 Å². The van der Waals surface area contributed by atoms with Crippen LogP contribution in [0.15, 0.2) is 35.1 Å². The number of aromatic nitrogens is 4. The van der Waals surface area contributed by atoms with Crippen LogP contribution in [0.5, 0.6) is 0 Å². The number of hydrogen-bond donors (Lipinski definition) is 1. The SMILES string of the molecule is CC(C)(C)c1nn(Cc2ccccc2)c2c(C#N)c(N)nn2c1=O. The molecule has 2 aromatic heterocycles. The van der Waals surface area contributed by atoms with Gasteiger partial charge in [-0.15, -0.1) is 5.10 Å². The molecule has 3 rings (SSSR count). The van der Waals surface area contributed by atoms with E-state index in [0.717, 1.165) is 5.56 Å². The first-order valence-corrected chi connectivity index (χ1v) is 7.56. The van der Waals surface area contributed by atoms with Gasteiger partial charge in [-0.25, -0.2) is 4.68 Å². The number of nitrogens with zero attached hydrogens (tertiary/aromatic N) is 5. The third kappa shape index (κ3) is 2.52. The van der Waals surface area contributed by atoms with E-state index >= 15 is 0 Å².